The van der Waals surface area contributed by atoms with Crippen molar-refractivity contribution in [3.8, 4) is 5.75 Å². The highest BCUT2D eigenvalue weighted by Gasteiger charge is 2.28. The number of hydrogen-bond donors (Lipinski definition) is 1. The van der Waals surface area contributed by atoms with Crippen molar-refractivity contribution in [3.63, 3.8) is 0 Å². The number of nitrogens with one attached hydrogen (secondary N) is 1. The molecule has 1 amide bonds. The molecule has 0 unspecified atom stereocenters. The maximum atomic E-state index is 14.4. The van der Waals surface area contributed by atoms with Crippen molar-refractivity contribution in [1.82, 2.24) is 5.32 Å². The highest BCUT2D eigenvalue weighted by Crippen LogP contribution is 2.26. The summed E-state index contributed by atoms with van der Waals surface area (Å²) in [5.74, 6) is -0.574. The Bertz CT molecular complexity index is 1120. The third-order valence-electron chi connectivity index (χ3n) is 4.46. The van der Waals surface area contributed by atoms with Crippen LogP contribution in [0.15, 0.2) is 83.8 Å². The van der Waals surface area contributed by atoms with Crippen LogP contribution in [0.2, 0.25) is 0 Å². The van der Waals surface area contributed by atoms with Gasteiger partial charge < -0.3 is 10.1 Å². The molecule has 8 heteroatoms. The van der Waals surface area contributed by atoms with Crippen molar-refractivity contribution < 1.29 is 22.3 Å². The molecule has 0 atom stereocenters. The fraction of sp³-hybridized carbons (Fsp3) is 0.174. The van der Waals surface area contributed by atoms with E-state index in [2.05, 4.69) is 5.32 Å². The molecule has 6 nitrogen and oxygen atoms in total. The minimum Gasteiger partial charge on any atom is -0.494 e. The van der Waals surface area contributed by atoms with Crippen LogP contribution in [-0.4, -0.2) is 27.5 Å². The van der Waals surface area contributed by atoms with E-state index in [1.54, 1.807) is 42.5 Å². The number of nitrogens with zero attached hydrogens (tertiary/aromatic N) is 1. The van der Waals surface area contributed by atoms with E-state index >= 15 is 0 Å². The number of benzene rings is 3. The largest absolute Gasteiger partial charge is 0.494 e. The molecule has 1 N–H and O–H groups in total. The maximum absolute atomic E-state index is 14.4. The molecule has 0 fully saturated rings. The molecule has 162 valence electrons. The van der Waals surface area contributed by atoms with Gasteiger partial charge in [-0.3, -0.25) is 9.10 Å². The average molecular weight is 443 g/mol. The van der Waals surface area contributed by atoms with E-state index in [1.807, 2.05) is 6.92 Å². The molecule has 3 rings (SSSR count). The van der Waals surface area contributed by atoms with Crippen LogP contribution in [0, 0.1) is 5.82 Å². The molecule has 0 bridgehead atoms. The van der Waals surface area contributed by atoms with Crippen molar-refractivity contribution in [2.24, 2.45) is 0 Å². The molecular formula is C23H23FN2O4S. The van der Waals surface area contributed by atoms with E-state index in [9.17, 15) is 17.6 Å². The van der Waals surface area contributed by atoms with Crippen LogP contribution in [0.1, 0.15) is 12.5 Å². The number of amides is 1. The van der Waals surface area contributed by atoms with Gasteiger partial charge in [0, 0.05) is 6.54 Å². The lowest BCUT2D eigenvalue weighted by Gasteiger charge is -2.24. The second-order valence-electron chi connectivity index (χ2n) is 6.63. The number of ether oxygens (including phenoxy) is 1. The van der Waals surface area contributed by atoms with Gasteiger partial charge in [0.15, 0.2) is 0 Å². The Hall–Kier alpha value is -3.39. The van der Waals surface area contributed by atoms with Crippen molar-refractivity contribution in [1.29, 1.82) is 0 Å². The lowest BCUT2D eigenvalue weighted by atomic mass is 10.2. The summed E-state index contributed by atoms with van der Waals surface area (Å²) in [4.78, 5) is 12.6. The monoisotopic (exact) mass is 442 g/mol. The summed E-state index contributed by atoms with van der Waals surface area (Å²) >= 11 is 0. The van der Waals surface area contributed by atoms with Gasteiger partial charge in [0.25, 0.3) is 10.0 Å². The summed E-state index contributed by atoms with van der Waals surface area (Å²) in [7, 11) is -4.15. The summed E-state index contributed by atoms with van der Waals surface area (Å²) in [6, 6.07) is 20.3. The minimum absolute atomic E-state index is 0.0300. The Kier molecular flexibility index (Phi) is 7.25. The van der Waals surface area contributed by atoms with Gasteiger partial charge in [0.1, 0.15) is 18.1 Å². The van der Waals surface area contributed by atoms with Crippen LogP contribution in [0.25, 0.3) is 0 Å². The van der Waals surface area contributed by atoms with Crippen LogP contribution in [0.5, 0.6) is 5.75 Å². The molecule has 0 aliphatic rings. The summed E-state index contributed by atoms with van der Waals surface area (Å²) in [6.07, 6.45) is 0. The number of anilines is 1. The standard InChI is InChI=1S/C23H23FN2O4S/c1-2-30-19-14-12-18(13-15-19)16-25-23(27)17-26(22-11-7-6-10-21(22)24)31(28,29)20-8-4-3-5-9-20/h3-15H,2,16-17H2,1H3,(H,25,27). The van der Waals surface area contributed by atoms with Gasteiger partial charge in [-0.15, -0.1) is 0 Å². The predicted octanol–water partition coefficient (Wildman–Crippen LogP) is 3.74. The zero-order chi connectivity index (χ0) is 22.3. The van der Waals surface area contributed by atoms with Crippen LogP contribution < -0.4 is 14.4 Å². The summed E-state index contributed by atoms with van der Waals surface area (Å²) in [5, 5.41) is 2.69. The minimum atomic E-state index is -4.15. The third-order valence-corrected chi connectivity index (χ3v) is 6.24. The predicted molar refractivity (Wildman–Crippen MR) is 117 cm³/mol. The maximum Gasteiger partial charge on any atom is 0.264 e. The molecule has 0 spiro atoms. The molecule has 3 aromatic carbocycles. The first-order valence-corrected chi connectivity index (χ1v) is 11.2. The van der Waals surface area contributed by atoms with Crippen LogP contribution in [0.4, 0.5) is 10.1 Å². The van der Waals surface area contributed by atoms with Gasteiger partial charge in [-0.1, -0.05) is 42.5 Å². The summed E-state index contributed by atoms with van der Waals surface area (Å²) < 4.78 is 46.9. The zero-order valence-corrected chi connectivity index (χ0v) is 17.8. The van der Waals surface area contributed by atoms with Crippen molar-refractivity contribution >= 4 is 21.6 Å². The number of sulfonamides is 1. The van der Waals surface area contributed by atoms with Gasteiger partial charge in [0.2, 0.25) is 5.91 Å². The van der Waals surface area contributed by atoms with Crippen molar-refractivity contribution in [2.75, 3.05) is 17.5 Å². The molecule has 0 aliphatic carbocycles. The number of para-hydroxylation sites is 1. The normalized spacial score (nSPS) is 11.0. The highest BCUT2D eigenvalue weighted by atomic mass is 32.2. The van der Waals surface area contributed by atoms with Crippen LogP contribution >= 0.6 is 0 Å². The molecular weight excluding hydrogens is 419 g/mol. The topological polar surface area (TPSA) is 75.7 Å². The number of halogens is 1. The van der Waals surface area contributed by atoms with E-state index in [0.717, 1.165) is 21.7 Å². The summed E-state index contributed by atoms with van der Waals surface area (Å²) in [5.41, 5.74) is 0.628. The lowest BCUT2D eigenvalue weighted by Crippen LogP contribution is -2.41. The van der Waals surface area contributed by atoms with Gasteiger partial charge in [0.05, 0.1) is 17.2 Å². The number of hydrogen-bond acceptors (Lipinski definition) is 4. The van der Waals surface area contributed by atoms with Gasteiger partial charge >= 0.3 is 0 Å². The fourth-order valence-electron chi connectivity index (χ4n) is 2.93. The Morgan fingerprint density at radius 2 is 1.61 bits per heavy atom. The SMILES string of the molecule is CCOc1ccc(CNC(=O)CN(c2ccccc2F)S(=O)(=O)c2ccccc2)cc1. The molecule has 0 aliphatic heterocycles. The Morgan fingerprint density at radius 3 is 2.26 bits per heavy atom. The van der Waals surface area contributed by atoms with E-state index in [1.165, 1.54) is 30.3 Å². The Labute approximate surface area is 181 Å². The first-order chi connectivity index (χ1) is 14.9. The van der Waals surface area contributed by atoms with E-state index < -0.39 is 28.3 Å². The molecule has 31 heavy (non-hydrogen) atoms. The molecule has 0 radical (unpaired) electrons. The van der Waals surface area contributed by atoms with E-state index in [0.29, 0.717) is 6.61 Å². The smallest absolute Gasteiger partial charge is 0.264 e. The molecule has 0 saturated heterocycles. The average Bonchev–Trinajstić information content (AvgIpc) is 2.78. The van der Waals surface area contributed by atoms with Crippen LogP contribution in [0.3, 0.4) is 0 Å². The number of carbonyl (C=O) groups is 1. The van der Waals surface area contributed by atoms with E-state index in [-0.39, 0.29) is 17.1 Å². The molecule has 3 aromatic rings. The molecule has 0 saturated carbocycles. The summed E-state index contributed by atoms with van der Waals surface area (Å²) in [6.45, 7) is 2.08. The van der Waals surface area contributed by atoms with E-state index in [4.69, 9.17) is 4.74 Å². The quantitative estimate of drug-likeness (QED) is 0.548. The Balaban J connectivity index is 1.79. The molecule has 0 aromatic heterocycles. The second-order valence-corrected chi connectivity index (χ2v) is 8.49. The van der Waals surface area contributed by atoms with Crippen molar-refractivity contribution in [2.45, 2.75) is 18.4 Å². The zero-order valence-electron chi connectivity index (χ0n) is 17.0. The number of carbonyl (C=O) groups excluding carboxylic acids is 1. The Morgan fingerprint density at radius 1 is 0.968 bits per heavy atom. The van der Waals surface area contributed by atoms with Crippen molar-refractivity contribution in [3.05, 3.63) is 90.2 Å². The molecule has 0 heterocycles. The first-order valence-electron chi connectivity index (χ1n) is 9.72. The fourth-order valence-corrected chi connectivity index (χ4v) is 4.38. The van der Waals surface area contributed by atoms with Gasteiger partial charge in [-0.2, -0.15) is 0 Å². The third kappa shape index (κ3) is 5.61. The lowest BCUT2D eigenvalue weighted by molar-refractivity contribution is -0.119. The van der Waals surface area contributed by atoms with Gasteiger partial charge in [-0.05, 0) is 48.9 Å². The van der Waals surface area contributed by atoms with Crippen LogP contribution in [-0.2, 0) is 21.4 Å². The highest BCUT2D eigenvalue weighted by molar-refractivity contribution is 7.92. The first kappa shape index (κ1) is 22.3. The number of rotatable bonds is 9. The van der Waals surface area contributed by atoms with Gasteiger partial charge in [-0.25, -0.2) is 12.8 Å². The second kappa shape index (κ2) is 10.1.